The zero-order valence-electron chi connectivity index (χ0n) is 11.0. The van der Waals surface area contributed by atoms with Gasteiger partial charge in [-0.05, 0) is 12.8 Å². The minimum Gasteiger partial charge on any atom is -0.491 e. The van der Waals surface area contributed by atoms with Gasteiger partial charge in [0.15, 0.2) is 17.4 Å². The van der Waals surface area contributed by atoms with Gasteiger partial charge in [0.1, 0.15) is 0 Å². The first kappa shape index (κ1) is 14.5. The fraction of sp³-hybridized carbons (Fsp3) is 0.462. The summed E-state index contributed by atoms with van der Waals surface area (Å²) in [7, 11) is 1.16. The van der Waals surface area contributed by atoms with Gasteiger partial charge < -0.3 is 20.1 Å². The molecule has 2 N–H and O–H groups in total. The number of anilines is 1. The third-order valence-electron chi connectivity index (χ3n) is 3.30. The molecule has 2 amide bonds. The van der Waals surface area contributed by atoms with E-state index in [1.807, 2.05) is 0 Å². The Bertz CT molecular complexity index is 487. The number of aliphatic hydroxyl groups is 1. The van der Waals surface area contributed by atoms with Crippen molar-refractivity contribution in [3.05, 3.63) is 23.8 Å². The van der Waals surface area contributed by atoms with Crippen molar-refractivity contribution in [3.63, 3.8) is 0 Å². The summed E-state index contributed by atoms with van der Waals surface area (Å²) in [4.78, 5) is 13.4. The topological polar surface area (TPSA) is 61.8 Å². The van der Waals surface area contributed by atoms with E-state index in [4.69, 9.17) is 5.11 Å². The third kappa shape index (κ3) is 2.82. The number of hydrogen-bond acceptors (Lipinski definition) is 3. The normalized spacial score (nSPS) is 18.2. The number of hydrogen-bond donors (Lipinski definition) is 2. The van der Waals surface area contributed by atoms with E-state index in [9.17, 15) is 13.6 Å². The van der Waals surface area contributed by atoms with Crippen LogP contribution >= 0.6 is 0 Å². The van der Waals surface area contributed by atoms with Gasteiger partial charge in [0.2, 0.25) is 0 Å². The summed E-state index contributed by atoms with van der Waals surface area (Å²) in [5, 5.41) is 11.6. The molecule has 1 heterocycles. The Morgan fingerprint density at radius 1 is 1.50 bits per heavy atom. The maximum Gasteiger partial charge on any atom is 0.322 e. The summed E-state index contributed by atoms with van der Waals surface area (Å²) in [6.07, 6.45) is 1.51. The van der Waals surface area contributed by atoms with Gasteiger partial charge in [0.05, 0.1) is 19.8 Å². The van der Waals surface area contributed by atoms with Crippen LogP contribution in [0, 0.1) is 11.6 Å². The number of benzene rings is 1. The molecule has 0 unspecified atom stereocenters. The Labute approximate surface area is 115 Å². The van der Waals surface area contributed by atoms with Gasteiger partial charge in [0, 0.05) is 24.4 Å². The van der Waals surface area contributed by atoms with Crippen molar-refractivity contribution in [1.29, 1.82) is 0 Å². The van der Waals surface area contributed by atoms with Crippen molar-refractivity contribution < 1.29 is 23.4 Å². The average Bonchev–Trinajstić information content (AvgIpc) is 2.86. The number of rotatable bonds is 3. The summed E-state index contributed by atoms with van der Waals surface area (Å²) < 4.78 is 31.6. The van der Waals surface area contributed by atoms with E-state index in [2.05, 4.69) is 10.1 Å². The predicted octanol–water partition coefficient (Wildman–Crippen LogP) is 1.96. The first-order chi connectivity index (χ1) is 9.56. The zero-order chi connectivity index (χ0) is 14.7. The minimum absolute atomic E-state index is 0.00869. The quantitative estimate of drug-likeness (QED) is 0.893. The Hall–Kier alpha value is -1.89. The highest BCUT2D eigenvalue weighted by Crippen LogP contribution is 2.26. The largest absolute Gasteiger partial charge is 0.491 e. The van der Waals surface area contributed by atoms with Crippen LogP contribution in [-0.4, -0.2) is 42.3 Å². The molecule has 1 aliphatic heterocycles. The minimum atomic E-state index is -0.886. The van der Waals surface area contributed by atoms with Gasteiger partial charge in [-0.15, -0.1) is 0 Å². The maximum atomic E-state index is 13.5. The Balaban J connectivity index is 2.12. The van der Waals surface area contributed by atoms with Gasteiger partial charge in [-0.1, -0.05) is 0 Å². The van der Waals surface area contributed by atoms with E-state index >= 15 is 0 Å². The molecule has 1 aliphatic rings. The summed E-state index contributed by atoms with van der Waals surface area (Å²) >= 11 is 0. The lowest BCUT2D eigenvalue weighted by Gasteiger charge is -2.23. The van der Waals surface area contributed by atoms with Crippen LogP contribution in [0.1, 0.15) is 12.8 Å². The maximum absolute atomic E-state index is 13.5. The highest BCUT2D eigenvalue weighted by Gasteiger charge is 2.28. The van der Waals surface area contributed by atoms with Crippen LogP contribution in [0.15, 0.2) is 12.1 Å². The van der Waals surface area contributed by atoms with E-state index in [1.165, 1.54) is 4.90 Å². The molecule has 5 nitrogen and oxygen atoms in total. The second-order valence-electron chi connectivity index (χ2n) is 4.58. The number of carbonyl (C=O) groups excluding carboxylic acids is 1. The van der Waals surface area contributed by atoms with Gasteiger partial charge >= 0.3 is 6.03 Å². The van der Waals surface area contributed by atoms with Crippen LogP contribution in [0.3, 0.4) is 0 Å². The number of methoxy groups -OCH3 is 1. The molecule has 20 heavy (non-hydrogen) atoms. The van der Waals surface area contributed by atoms with Crippen LogP contribution in [0.5, 0.6) is 5.75 Å². The second-order valence-corrected chi connectivity index (χ2v) is 4.58. The molecular weight excluding hydrogens is 270 g/mol. The van der Waals surface area contributed by atoms with Crippen molar-refractivity contribution in [3.8, 4) is 5.75 Å². The highest BCUT2D eigenvalue weighted by molar-refractivity contribution is 5.89. The average molecular weight is 286 g/mol. The van der Waals surface area contributed by atoms with Crippen molar-refractivity contribution in [2.75, 3.05) is 25.6 Å². The van der Waals surface area contributed by atoms with Crippen LogP contribution < -0.4 is 10.1 Å². The van der Waals surface area contributed by atoms with Gasteiger partial charge in [-0.25, -0.2) is 13.6 Å². The molecule has 0 bridgehead atoms. The fourth-order valence-corrected chi connectivity index (χ4v) is 2.32. The molecule has 1 saturated heterocycles. The number of likely N-dealkylation sites (tertiary alicyclic amines) is 1. The lowest BCUT2D eigenvalue weighted by atomic mass is 10.2. The second kappa shape index (κ2) is 6.04. The summed E-state index contributed by atoms with van der Waals surface area (Å²) in [5.41, 5.74) is 0.00869. The highest BCUT2D eigenvalue weighted by atomic mass is 19.1. The van der Waals surface area contributed by atoms with Crippen LogP contribution in [0.4, 0.5) is 19.3 Å². The molecule has 7 heteroatoms. The lowest BCUT2D eigenvalue weighted by molar-refractivity contribution is 0.166. The SMILES string of the molecule is COc1c(F)cc(NC(=O)N2CCC[C@@H]2CO)cc1F. The van der Waals surface area contributed by atoms with E-state index < -0.39 is 23.4 Å². The smallest absolute Gasteiger partial charge is 0.322 e. The molecule has 1 fully saturated rings. The Morgan fingerprint density at radius 3 is 2.70 bits per heavy atom. The number of aliphatic hydroxyl groups excluding tert-OH is 1. The summed E-state index contributed by atoms with van der Waals surface area (Å²) in [6.45, 7) is 0.386. The number of carbonyl (C=O) groups is 1. The molecule has 0 saturated carbocycles. The number of amides is 2. The number of ether oxygens (including phenoxy) is 1. The third-order valence-corrected chi connectivity index (χ3v) is 3.30. The number of halogens is 2. The molecule has 0 aliphatic carbocycles. The van der Waals surface area contributed by atoms with E-state index in [0.717, 1.165) is 32.1 Å². The summed E-state index contributed by atoms with van der Waals surface area (Å²) in [5.74, 6) is -2.26. The predicted molar refractivity (Wildman–Crippen MR) is 68.7 cm³/mol. The zero-order valence-corrected chi connectivity index (χ0v) is 11.0. The van der Waals surface area contributed by atoms with Gasteiger partial charge in [0.25, 0.3) is 0 Å². The molecule has 0 spiro atoms. The number of urea groups is 1. The number of nitrogens with zero attached hydrogens (tertiary/aromatic N) is 1. The fourth-order valence-electron chi connectivity index (χ4n) is 2.32. The van der Waals surface area contributed by atoms with Gasteiger partial charge in [-0.3, -0.25) is 0 Å². The van der Waals surface area contributed by atoms with Crippen LogP contribution in [0.25, 0.3) is 0 Å². The molecule has 0 aromatic heterocycles. The van der Waals surface area contributed by atoms with Crippen LogP contribution in [0.2, 0.25) is 0 Å². The molecular formula is C13H16F2N2O3. The van der Waals surface area contributed by atoms with Crippen molar-refractivity contribution in [2.24, 2.45) is 0 Å². The van der Waals surface area contributed by atoms with E-state index in [-0.39, 0.29) is 18.3 Å². The van der Waals surface area contributed by atoms with Crippen molar-refractivity contribution in [2.45, 2.75) is 18.9 Å². The molecule has 1 atom stereocenters. The molecule has 1 aromatic carbocycles. The first-order valence-corrected chi connectivity index (χ1v) is 6.28. The monoisotopic (exact) mass is 286 g/mol. The van der Waals surface area contributed by atoms with Crippen molar-refractivity contribution in [1.82, 2.24) is 4.90 Å². The number of nitrogens with one attached hydrogen (secondary N) is 1. The lowest BCUT2D eigenvalue weighted by Crippen LogP contribution is -2.40. The molecule has 1 aromatic rings. The molecule has 110 valence electrons. The van der Waals surface area contributed by atoms with Gasteiger partial charge in [-0.2, -0.15) is 0 Å². The Kier molecular flexibility index (Phi) is 4.39. The first-order valence-electron chi connectivity index (χ1n) is 6.28. The summed E-state index contributed by atoms with van der Waals surface area (Å²) in [6, 6.07) is 1.25. The van der Waals surface area contributed by atoms with E-state index in [0.29, 0.717) is 6.54 Å². The molecule has 2 rings (SSSR count). The Morgan fingerprint density at radius 2 is 2.15 bits per heavy atom. The standard InChI is InChI=1S/C13H16F2N2O3/c1-20-12-10(14)5-8(6-11(12)15)16-13(19)17-4-2-3-9(17)7-18/h5-6,9,18H,2-4,7H2,1H3,(H,16,19)/t9-/m1/s1. The van der Waals surface area contributed by atoms with Crippen LogP contribution in [-0.2, 0) is 0 Å². The van der Waals surface area contributed by atoms with E-state index in [1.54, 1.807) is 0 Å². The molecule has 0 radical (unpaired) electrons. The van der Waals surface area contributed by atoms with Crippen molar-refractivity contribution >= 4 is 11.7 Å².